The third-order valence-electron chi connectivity index (χ3n) is 28.5. The van der Waals surface area contributed by atoms with Gasteiger partial charge in [-0.25, -0.2) is 0 Å². The summed E-state index contributed by atoms with van der Waals surface area (Å²) in [5.74, 6) is -1.56. The largest absolute Gasteiger partial charge is 0.432 e. The number of carbonyl (C=O) groups excluding carboxylic acids is 3. The van der Waals surface area contributed by atoms with Crippen molar-refractivity contribution >= 4 is 18.0 Å². The average molecular weight is 1350 g/mol. The summed E-state index contributed by atoms with van der Waals surface area (Å²) in [6.07, 6.45) is -0.966. The lowest BCUT2D eigenvalue weighted by Gasteiger charge is -2.71. The second-order valence-electron chi connectivity index (χ2n) is 34.5. The average Bonchev–Trinajstić information content (AvgIpc) is 0.768. The van der Waals surface area contributed by atoms with E-state index < -0.39 is 126 Å². The zero-order chi connectivity index (χ0) is 69.9. The molecule has 96 heavy (non-hydrogen) atoms. The van der Waals surface area contributed by atoms with Gasteiger partial charge in [0.15, 0.2) is 36.7 Å². The molecule has 10 fully saturated rings. The molecule has 0 aromatic rings. The predicted molar refractivity (Wildman–Crippen MR) is 355 cm³/mol. The predicted octanol–water partition coefficient (Wildman–Crippen LogP) is 14.2. The maximum atomic E-state index is 16.3. The molecule has 13 unspecified atom stereocenters. The van der Waals surface area contributed by atoms with Crippen molar-refractivity contribution < 1.29 is 76.0 Å². The van der Waals surface area contributed by atoms with Crippen molar-refractivity contribution in [3.05, 3.63) is 32.5 Å². The Morgan fingerprint density at radius 3 is 2.00 bits per heavy atom. The van der Waals surface area contributed by atoms with Gasteiger partial charge in [-0.05, 0) is 172 Å². The van der Waals surface area contributed by atoms with E-state index >= 15 is 4.79 Å². The Morgan fingerprint density at radius 2 is 1.33 bits per heavy atom. The summed E-state index contributed by atoms with van der Waals surface area (Å²) in [5, 5.41) is 8.03. The van der Waals surface area contributed by atoms with Crippen molar-refractivity contribution in [2.45, 2.75) is 313 Å². The fourth-order valence-electron chi connectivity index (χ4n) is 21.5. The molecule has 6 aliphatic heterocycles. The van der Waals surface area contributed by atoms with Gasteiger partial charge in [-0.2, -0.15) is 0 Å². The van der Waals surface area contributed by atoms with Gasteiger partial charge in [0.1, 0.15) is 36.1 Å². The fraction of sp³-hybridized carbons (Fsp3) is 0.932. The first kappa shape index (κ1) is 73.9. The standard InChI is InChI=1S/C74H118N6O16/c1-22-49-39(5)38(4)41(7)63(87-49)93-60-57(91-62-40(6)37(3)36(2)34-85-62)44(10)56(45(11)82)90-65(60)89-53-26-27-70(17)51(71(53,18)35-81)25-28-72(19)52(70)24-23-47-48-31-68(13,14)29-30-74(48,54(84-21)32-73(47,72)20)67(83)94-64-59(43(9)55(78-80-76)50(88-64)33-77-79-75)92-66-61-58(42(8)46(12)86-66)95-69(15,16)96-61/h23,35-44,46,48-66H,22,24-34H2,1-21H3/t36-,37+,38+,39-,40?,41?,42+,43?,44-,46-,48?,49?,50-,51-,52?,53+,54?,55-,56?,57+,58?,59?,60?,61?,62+,63+,64+,65-,66+,70?,71-,72+,73-,74-/m1/s1. The fourth-order valence-corrected chi connectivity index (χ4v) is 21.5. The van der Waals surface area contributed by atoms with Gasteiger partial charge in [0.05, 0.1) is 67.3 Å². The van der Waals surface area contributed by atoms with Crippen molar-refractivity contribution in [3.8, 4) is 0 Å². The van der Waals surface area contributed by atoms with E-state index in [0.29, 0.717) is 50.0 Å². The summed E-state index contributed by atoms with van der Waals surface area (Å²) < 4.78 is 89.3. The summed E-state index contributed by atoms with van der Waals surface area (Å²) in [7, 11) is 1.72. The lowest BCUT2D eigenvalue weighted by atomic mass is 9.33. The summed E-state index contributed by atoms with van der Waals surface area (Å²) in [4.78, 5) is 50.9. The van der Waals surface area contributed by atoms with E-state index in [0.717, 1.165) is 44.8 Å². The number of aldehydes is 1. The van der Waals surface area contributed by atoms with E-state index in [4.69, 9.17) is 61.6 Å². The van der Waals surface area contributed by atoms with Gasteiger partial charge in [0.2, 0.25) is 6.29 Å². The van der Waals surface area contributed by atoms with E-state index in [1.807, 2.05) is 34.6 Å². The summed E-state index contributed by atoms with van der Waals surface area (Å²) in [5.41, 5.74) is 17.3. The molecule has 6 saturated heterocycles. The number of fused-ring (bicyclic) bond motifs is 8. The van der Waals surface area contributed by atoms with Crippen molar-refractivity contribution in [2.75, 3.05) is 20.3 Å². The molecule has 6 heterocycles. The van der Waals surface area contributed by atoms with Crippen LogP contribution in [0.3, 0.4) is 0 Å². The lowest BCUT2D eigenvalue weighted by Crippen LogP contribution is -2.69. The second-order valence-corrected chi connectivity index (χ2v) is 34.5. The third kappa shape index (κ3) is 12.4. The molecule has 0 amide bonds. The van der Waals surface area contributed by atoms with Crippen LogP contribution in [0.25, 0.3) is 20.9 Å². The Hall–Kier alpha value is -3.31. The van der Waals surface area contributed by atoms with Gasteiger partial charge in [-0.15, -0.1) is 0 Å². The molecule has 0 N–H and O–H groups in total. The highest BCUT2D eigenvalue weighted by atomic mass is 16.8. The number of allylic oxidation sites excluding steroid dienone is 2. The molecule has 0 aromatic carbocycles. The molecular weight excluding hydrogens is 1230 g/mol. The molecule has 22 nitrogen and oxygen atoms in total. The number of azide groups is 2. The molecular formula is C74H118N6O16. The minimum atomic E-state index is -1.36. The second kappa shape index (κ2) is 27.5. The SMILES string of the molecule is CCC1O[C@@H](OC2[C@H](O[C@H]3CCC4(C)C5CC=C6C7CC(C)(C)CC[C@]7(C(=O)O[C@@H]7O[C@H](CN=[N+]=[N-])[C@H](N=[N+]=[N-])C(C)C7O[C@@H]7O[C@H](C)[C@H](C)C8OC(C)(C)OC87)C(OC)C[C@@]6(C)[C@@]5(C)CC[C@H]4[C@@]3(C)C=O)OC(C(C)=O)[C@@H](C)[C@@H]2O[C@@H]2OC[C@@H](C)[C@H](C)C2C)C(C)[C@@H](C)[C@H]1C. The molecule has 0 spiro atoms. The number of methoxy groups -OCH3 is 1. The highest BCUT2D eigenvalue weighted by Crippen LogP contribution is 2.76. The number of nitrogens with zero attached hydrogens (tertiary/aromatic N) is 6. The number of ketones is 1. The van der Waals surface area contributed by atoms with Gasteiger partial charge in [-0.3, -0.25) is 9.59 Å². The highest BCUT2D eigenvalue weighted by molar-refractivity contribution is 5.81. The molecule has 0 radical (unpaired) electrons. The minimum Gasteiger partial charge on any atom is -0.432 e. The Labute approximate surface area is 571 Å². The lowest BCUT2D eigenvalue weighted by molar-refractivity contribution is -0.374. The molecule has 11 aliphatic rings. The van der Waals surface area contributed by atoms with E-state index in [9.17, 15) is 20.7 Å². The first-order chi connectivity index (χ1) is 45.1. The van der Waals surface area contributed by atoms with Crippen LogP contribution < -0.4 is 0 Å². The Balaban J connectivity index is 0.905. The summed E-state index contributed by atoms with van der Waals surface area (Å²) in [6, 6.07) is -0.872. The molecule has 540 valence electrons. The summed E-state index contributed by atoms with van der Waals surface area (Å²) >= 11 is 0. The summed E-state index contributed by atoms with van der Waals surface area (Å²) in [6.45, 7) is 43.0. The monoisotopic (exact) mass is 1350 g/mol. The number of hydrogen-bond donors (Lipinski definition) is 0. The van der Waals surface area contributed by atoms with Crippen LogP contribution in [0.1, 0.15) is 203 Å². The first-order valence-corrected chi connectivity index (χ1v) is 36.8. The van der Waals surface area contributed by atoms with Crippen molar-refractivity contribution in [3.63, 3.8) is 0 Å². The Kier molecular flexibility index (Phi) is 21.1. The van der Waals surface area contributed by atoms with Crippen LogP contribution in [0.5, 0.6) is 0 Å². The van der Waals surface area contributed by atoms with E-state index in [1.54, 1.807) is 14.0 Å². The Bertz CT molecular complexity index is 2980. The van der Waals surface area contributed by atoms with Crippen LogP contribution in [-0.2, 0) is 76.0 Å². The van der Waals surface area contributed by atoms with Crippen LogP contribution in [0, 0.1) is 104 Å². The number of Topliss-reactive ketones (excluding diaryl/α,β-unsaturated/α-hetero) is 1. The van der Waals surface area contributed by atoms with Crippen LogP contribution >= 0.6 is 0 Å². The normalized spacial score (nSPS) is 51.8. The van der Waals surface area contributed by atoms with Crippen LogP contribution in [0.4, 0.5) is 0 Å². The van der Waals surface area contributed by atoms with Crippen molar-refractivity contribution in [2.24, 2.45) is 114 Å². The molecule has 5 aliphatic carbocycles. The number of esters is 1. The van der Waals surface area contributed by atoms with Crippen molar-refractivity contribution in [1.29, 1.82) is 0 Å². The third-order valence-corrected chi connectivity index (χ3v) is 28.5. The molecule has 11 rings (SSSR count). The van der Waals surface area contributed by atoms with E-state index in [1.165, 1.54) is 5.57 Å². The first-order valence-electron chi connectivity index (χ1n) is 36.8. The highest BCUT2D eigenvalue weighted by Gasteiger charge is 2.73. The minimum absolute atomic E-state index is 0.0166. The van der Waals surface area contributed by atoms with Crippen molar-refractivity contribution in [1.82, 2.24) is 0 Å². The van der Waals surface area contributed by atoms with Gasteiger partial charge in [0, 0.05) is 40.6 Å². The van der Waals surface area contributed by atoms with Gasteiger partial charge >= 0.3 is 5.97 Å². The number of ether oxygens (including phenoxy) is 13. The quantitative estimate of drug-likeness (QED) is 0.0249. The molecule has 22 heteroatoms. The topological polar surface area (TPSA) is 269 Å². The number of hydrogen-bond acceptors (Lipinski definition) is 18. The number of carbonyl (C=O) groups is 3. The zero-order valence-electron chi connectivity index (χ0n) is 61.6. The van der Waals surface area contributed by atoms with E-state index in [-0.39, 0.29) is 88.3 Å². The molecule has 0 aromatic heterocycles. The van der Waals surface area contributed by atoms with Gasteiger partial charge in [-0.1, -0.05) is 133 Å². The maximum absolute atomic E-state index is 16.3. The molecule has 4 saturated carbocycles. The molecule has 0 bridgehead atoms. The zero-order valence-corrected chi connectivity index (χ0v) is 61.6. The van der Waals surface area contributed by atoms with E-state index in [2.05, 4.69) is 123 Å². The molecule has 34 atom stereocenters. The van der Waals surface area contributed by atoms with Gasteiger partial charge in [0.25, 0.3) is 0 Å². The van der Waals surface area contributed by atoms with Crippen LogP contribution in [0.15, 0.2) is 21.9 Å². The van der Waals surface area contributed by atoms with Gasteiger partial charge < -0.3 is 66.4 Å². The number of rotatable bonds is 17. The van der Waals surface area contributed by atoms with Crippen LogP contribution in [0.2, 0.25) is 0 Å². The van der Waals surface area contributed by atoms with Crippen LogP contribution in [-0.4, -0.2) is 149 Å². The Morgan fingerprint density at radius 1 is 0.656 bits per heavy atom. The maximum Gasteiger partial charge on any atom is 0.317 e. The smallest absolute Gasteiger partial charge is 0.317 e.